The molecule has 1 atom stereocenters. The van der Waals surface area contributed by atoms with E-state index in [0.29, 0.717) is 6.54 Å². The van der Waals surface area contributed by atoms with E-state index >= 15 is 0 Å². The first-order valence-corrected chi connectivity index (χ1v) is 6.17. The van der Waals surface area contributed by atoms with Gasteiger partial charge in [-0.1, -0.05) is 18.5 Å². The van der Waals surface area contributed by atoms with Crippen LogP contribution in [0.15, 0.2) is 0 Å². The van der Waals surface area contributed by atoms with Gasteiger partial charge in [0.2, 0.25) is 5.91 Å². The molecule has 19 heavy (non-hydrogen) atoms. The van der Waals surface area contributed by atoms with Gasteiger partial charge in [-0.2, -0.15) is 18.3 Å². The molecule has 0 aliphatic rings. The van der Waals surface area contributed by atoms with Crippen LogP contribution in [-0.4, -0.2) is 22.2 Å². The molecule has 1 unspecified atom stereocenters. The van der Waals surface area contributed by atoms with Crippen molar-refractivity contribution in [2.24, 2.45) is 0 Å². The molecule has 108 valence electrons. The molecule has 8 heteroatoms. The average molecular weight is 298 g/mol. The largest absolute Gasteiger partial charge is 0.436 e. The van der Waals surface area contributed by atoms with E-state index in [-0.39, 0.29) is 5.69 Å². The summed E-state index contributed by atoms with van der Waals surface area (Å²) in [5.41, 5.74) is -1.05. The smallest absolute Gasteiger partial charge is 0.354 e. The lowest BCUT2D eigenvalue weighted by molar-refractivity contribution is -0.141. The molecule has 4 nitrogen and oxygen atoms in total. The number of amides is 1. The van der Waals surface area contributed by atoms with Crippen molar-refractivity contribution in [2.45, 2.75) is 39.4 Å². The number of alkyl halides is 3. The predicted molar refractivity (Wildman–Crippen MR) is 65.0 cm³/mol. The van der Waals surface area contributed by atoms with Crippen LogP contribution in [0.5, 0.6) is 0 Å². The zero-order valence-electron chi connectivity index (χ0n) is 10.8. The summed E-state index contributed by atoms with van der Waals surface area (Å²) in [6.45, 7) is 5.21. The Balaban J connectivity index is 3.05. The highest BCUT2D eigenvalue weighted by Crippen LogP contribution is 2.36. The van der Waals surface area contributed by atoms with Crippen molar-refractivity contribution in [3.8, 4) is 0 Å². The molecule has 0 aromatic carbocycles. The molecular formula is C11H15ClF3N3O. The van der Waals surface area contributed by atoms with Crippen LogP contribution in [0.25, 0.3) is 0 Å². The second-order valence-electron chi connectivity index (χ2n) is 4.16. The van der Waals surface area contributed by atoms with Crippen molar-refractivity contribution < 1.29 is 18.0 Å². The van der Waals surface area contributed by atoms with E-state index < -0.39 is 28.8 Å². The molecule has 0 spiro atoms. The van der Waals surface area contributed by atoms with Crippen LogP contribution in [0.1, 0.15) is 37.7 Å². The second kappa shape index (κ2) is 5.81. The van der Waals surface area contributed by atoms with Crippen LogP contribution >= 0.6 is 11.6 Å². The molecule has 0 saturated heterocycles. The van der Waals surface area contributed by atoms with E-state index in [0.717, 1.165) is 11.1 Å². The predicted octanol–water partition coefficient (Wildman–Crippen LogP) is 2.95. The van der Waals surface area contributed by atoms with Gasteiger partial charge in [-0.05, 0) is 20.3 Å². The maximum Gasteiger partial charge on any atom is 0.436 e. The summed E-state index contributed by atoms with van der Waals surface area (Å²) < 4.78 is 38.9. The number of rotatable bonds is 4. The van der Waals surface area contributed by atoms with Gasteiger partial charge in [-0.25, -0.2) is 0 Å². The third kappa shape index (κ3) is 3.40. The first kappa shape index (κ1) is 15.8. The fraction of sp³-hybridized carbons (Fsp3) is 0.636. The monoisotopic (exact) mass is 297 g/mol. The number of nitrogens with zero attached hydrogens (tertiary/aromatic N) is 2. The van der Waals surface area contributed by atoms with Gasteiger partial charge in [0.25, 0.3) is 0 Å². The lowest BCUT2D eigenvalue weighted by Crippen LogP contribution is -2.32. The summed E-state index contributed by atoms with van der Waals surface area (Å²) in [4.78, 5) is 11.7. The topological polar surface area (TPSA) is 46.9 Å². The molecule has 0 fully saturated rings. The highest BCUT2D eigenvalue weighted by molar-refractivity contribution is 6.32. The number of halogens is 4. The van der Waals surface area contributed by atoms with Gasteiger partial charge in [0, 0.05) is 6.54 Å². The number of aromatic nitrogens is 2. The molecule has 0 saturated carbocycles. The highest BCUT2D eigenvalue weighted by atomic mass is 35.5. The Morgan fingerprint density at radius 3 is 2.53 bits per heavy atom. The standard InChI is InChI=1S/C11H15ClF3N3O/c1-4-5-16-10(19)7(3)18-6(2)8(12)9(17-18)11(13,14)15/h7H,4-5H2,1-3H3,(H,16,19). The van der Waals surface area contributed by atoms with Crippen molar-refractivity contribution in [1.29, 1.82) is 0 Å². The summed E-state index contributed by atoms with van der Waals surface area (Å²) in [5.74, 6) is -0.391. The second-order valence-corrected chi connectivity index (χ2v) is 4.54. The molecule has 0 bridgehead atoms. The SMILES string of the molecule is CCCNC(=O)C(C)n1nc(C(F)(F)F)c(Cl)c1C. The lowest BCUT2D eigenvalue weighted by Gasteiger charge is -2.14. The van der Waals surface area contributed by atoms with Crippen molar-refractivity contribution in [2.75, 3.05) is 6.54 Å². The Kier molecular flexibility index (Phi) is 4.84. The van der Waals surface area contributed by atoms with Crippen molar-refractivity contribution in [3.63, 3.8) is 0 Å². The molecule has 1 aromatic rings. The van der Waals surface area contributed by atoms with E-state index in [2.05, 4.69) is 10.4 Å². The normalized spacial score (nSPS) is 13.4. The van der Waals surface area contributed by atoms with Crippen molar-refractivity contribution >= 4 is 17.5 Å². The summed E-state index contributed by atoms with van der Waals surface area (Å²) >= 11 is 5.62. The minimum atomic E-state index is -4.63. The summed E-state index contributed by atoms with van der Waals surface area (Å²) in [6, 6.07) is -0.847. The third-order valence-electron chi connectivity index (χ3n) is 2.64. The van der Waals surface area contributed by atoms with Gasteiger partial charge in [0.15, 0.2) is 5.69 Å². The summed E-state index contributed by atoms with van der Waals surface area (Å²) in [6.07, 6.45) is -3.89. The van der Waals surface area contributed by atoms with Crippen LogP contribution in [-0.2, 0) is 11.0 Å². The quantitative estimate of drug-likeness (QED) is 0.929. The van der Waals surface area contributed by atoms with Gasteiger partial charge >= 0.3 is 6.18 Å². The molecule has 1 N–H and O–H groups in total. The first-order chi connectivity index (χ1) is 8.70. The average Bonchev–Trinajstić information content (AvgIpc) is 2.62. The van der Waals surface area contributed by atoms with Crippen molar-refractivity contribution in [1.82, 2.24) is 15.1 Å². The molecule has 1 rings (SSSR count). The zero-order chi connectivity index (χ0) is 14.8. The Bertz CT molecular complexity index is 470. The van der Waals surface area contributed by atoms with Gasteiger partial charge < -0.3 is 5.32 Å². The highest BCUT2D eigenvalue weighted by Gasteiger charge is 2.39. The number of hydrogen-bond acceptors (Lipinski definition) is 2. The van der Waals surface area contributed by atoms with Gasteiger partial charge in [0.1, 0.15) is 6.04 Å². The molecule has 1 amide bonds. The van der Waals surface area contributed by atoms with E-state index in [1.54, 1.807) is 0 Å². The molecule has 1 aromatic heterocycles. The van der Waals surface area contributed by atoms with Crippen molar-refractivity contribution in [3.05, 3.63) is 16.4 Å². The lowest BCUT2D eigenvalue weighted by atomic mass is 10.3. The minimum Gasteiger partial charge on any atom is -0.354 e. The fourth-order valence-electron chi connectivity index (χ4n) is 1.56. The van der Waals surface area contributed by atoms with E-state index in [9.17, 15) is 18.0 Å². The van der Waals surface area contributed by atoms with Crippen LogP contribution in [0.3, 0.4) is 0 Å². The van der Waals surface area contributed by atoms with Gasteiger partial charge in [-0.15, -0.1) is 0 Å². The molecule has 0 radical (unpaired) electrons. The maximum absolute atomic E-state index is 12.6. The fourth-order valence-corrected chi connectivity index (χ4v) is 1.80. The van der Waals surface area contributed by atoms with E-state index in [1.807, 2.05) is 6.92 Å². The first-order valence-electron chi connectivity index (χ1n) is 5.79. The number of carbonyl (C=O) groups is 1. The number of hydrogen-bond donors (Lipinski definition) is 1. The Labute approximate surface area is 113 Å². The van der Waals surface area contributed by atoms with Crippen LogP contribution in [0, 0.1) is 6.92 Å². The Hall–Kier alpha value is -1.24. The Morgan fingerprint density at radius 2 is 2.11 bits per heavy atom. The minimum absolute atomic E-state index is 0.119. The number of carbonyl (C=O) groups excluding carboxylic acids is 1. The Morgan fingerprint density at radius 1 is 1.53 bits per heavy atom. The molecule has 1 heterocycles. The maximum atomic E-state index is 12.6. The van der Waals surface area contributed by atoms with E-state index in [1.165, 1.54) is 13.8 Å². The molecule has 0 aliphatic heterocycles. The third-order valence-corrected chi connectivity index (χ3v) is 3.09. The van der Waals surface area contributed by atoms with Crippen LogP contribution < -0.4 is 5.32 Å². The number of nitrogens with one attached hydrogen (secondary N) is 1. The summed E-state index contributed by atoms with van der Waals surface area (Å²) in [7, 11) is 0. The van der Waals surface area contributed by atoms with Crippen LogP contribution in [0.4, 0.5) is 13.2 Å². The van der Waals surface area contributed by atoms with Gasteiger partial charge in [0.05, 0.1) is 10.7 Å². The summed E-state index contributed by atoms with van der Waals surface area (Å²) in [5, 5.41) is 5.54. The molecule has 0 aliphatic carbocycles. The van der Waals surface area contributed by atoms with Gasteiger partial charge in [-0.3, -0.25) is 9.48 Å². The molecular weight excluding hydrogens is 283 g/mol. The van der Waals surface area contributed by atoms with Crippen LogP contribution in [0.2, 0.25) is 5.02 Å². The zero-order valence-corrected chi connectivity index (χ0v) is 11.6. The van der Waals surface area contributed by atoms with E-state index in [4.69, 9.17) is 11.6 Å².